The average Bonchev–Trinajstić information content (AvgIpc) is 3.31. The van der Waals surface area contributed by atoms with Gasteiger partial charge in [0.1, 0.15) is 16.9 Å². The SMILES string of the molecule is O=[N+]([O-])c1cc(C=Nc2ccc3c(c2)oc2ccccc23)ccc1N1CCN(Cc2ccccc2)CC1. The summed E-state index contributed by atoms with van der Waals surface area (Å²) in [5, 5.41) is 14.0. The van der Waals surface area contributed by atoms with Gasteiger partial charge < -0.3 is 9.32 Å². The minimum absolute atomic E-state index is 0.105. The molecule has 0 saturated carbocycles. The van der Waals surface area contributed by atoms with Crippen molar-refractivity contribution >= 4 is 45.2 Å². The van der Waals surface area contributed by atoms with Gasteiger partial charge in [-0.3, -0.25) is 20.0 Å². The zero-order valence-electron chi connectivity index (χ0n) is 20.3. The highest BCUT2D eigenvalue weighted by atomic mass is 16.6. The van der Waals surface area contributed by atoms with Crippen LogP contribution in [-0.2, 0) is 6.54 Å². The highest BCUT2D eigenvalue weighted by Gasteiger charge is 2.24. The van der Waals surface area contributed by atoms with Crippen molar-refractivity contribution in [1.29, 1.82) is 0 Å². The van der Waals surface area contributed by atoms with E-state index in [4.69, 9.17) is 4.42 Å². The molecule has 1 aliphatic heterocycles. The zero-order valence-corrected chi connectivity index (χ0v) is 20.3. The van der Waals surface area contributed by atoms with Gasteiger partial charge in [-0.25, -0.2) is 0 Å². The molecule has 7 nitrogen and oxygen atoms in total. The van der Waals surface area contributed by atoms with Crippen LogP contribution in [0.1, 0.15) is 11.1 Å². The van der Waals surface area contributed by atoms with Crippen LogP contribution in [-0.4, -0.2) is 42.2 Å². The second kappa shape index (κ2) is 9.87. The smallest absolute Gasteiger partial charge is 0.293 e. The summed E-state index contributed by atoms with van der Waals surface area (Å²) in [4.78, 5) is 20.7. The summed E-state index contributed by atoms with van der Waals surface area (Å²) in [6, 6.07) is 29.5. The van der Waals surface area contributed by atoms with Crippen LogP contribution in [0.15, 0.2) is 100 Å². The third-order valence-corrected chi connectivity index (χ3v) is 6.88. The van der Waals surface area contributed by atoms with Gasteiger partial charge in [0.15, 0.2) is 0 Å². The molecule has 0 amide bonds. The fraction of sp³-hybridized carbons (Fsp3) is 0.167. The van der Waals surface area contributed by atoms with Crippen molar-refractivity contribution in [3.05, 3.63) is 112 Å². The van der Waals surface area contributed by atoms with Crippen molar-refractivity contribution in [2.45, 2.75) is 6.54 Å². The molecule has 1 aliphatic rings. The number of para-hydroxylation sites is 1. The Morgan fingerprint density at radius 3 is 2.41 bits per heavy atom. The van der Waals surface area contributed by atoms with Gasteiger partial charge in [-0.2, -0.15) is 0 Å². The van der Waals surface area contributed by atoms with Gasteiger partial charge in [0.2, 0.25) is 0 Å². The van der Waals surface area contributed by atoms with E-state index in [0.717, 1.165) is 60.3 Å². The Kier molecular flexibility index (Phi) is 6.12. The van der Waals surface area contributed by atoms with Crippen LogP contribution < -0.4 is 4.90 Å². The van der Waals surface area contributed by atoms with Crippen molar-refractivity contribution in [2.24, 2.45) is 4.99 Å². The first kappa shape index (κ1) is 22.9. The molecule has 37 heavy (non-hydrogen) atoms. The summed E-state index contributed by atoms with van der Waals surface area (Å²) in [6.07, 6.45) is 1.67. The largest absolute Gasteiger partial charge is 0.456 e. The lowest BCUT2D eigenvalue weighted by atomic mass is 10.1. The molecule has 0 radical (unpaired) electrons. The first-order valence-corrected chi connectivity index (χ1v) is 12.4. The van der Waals surface area contributed by atoms with Crippen molar-refractivity contribution < 1.29 is 9.34 Å². The van der Waals surface area contributed by atoms with Crippen molar-refractivity contribution in [3.63, 3.8) is 0 Å². The highest BCUT2D eigenvalue weighted by Crippen LogP contribution is 2.32. The molecule has 4 aromatic carbocycles. The average molecular weight is 491 g/mol. The molecule has 0 N–H and O–H groups in total. The predicted molar refractivity (Wildman–Crippen MR) is 148 cm³/mol. The molecule has 0 atom stereocenters. The summed E-state index contributed by atoms with van der Waals surface area (Å²) < 4.78 is 5.95. The molecular formula is C30H26N4O3. The lowest BCUT2D eigenvalue weighted by Gasteiger charge is -2.35. The maximum absolute atomic E-state index is 11.9. The molecule has 6 rings (SSSR count). The minimum atomic E-state index is -0.302. The Labute approximate surface area is 214 Å². The number of nitro benzene ring substituents is 1. The summed E-state index contributed by atoms with van der Waals surface area (Å²) in [5.41, 5.74) is 5.06. The standard InChI is InChI=1S/C30H26N4O3/c35-34(36)28-18-23(20-31-24-11-12-26-25-8-4-5-9-29(25)37-30(26)19-24)10-13-27(28)33-16-14-32(15-17-33)21-22-6-2-1-3-7-22/h1-13,18-20H,14-17,21H2. The van der Waals surface area contributed by atoms with Crippen molar-refractivity contribution in [2.75, 3.05) is 31.1 Å². The van der Waals surface area contributed by atoms with Crippen molar-refractivity contribution in [1.82, 2.24) is 4.90 Å². The number of anilines is 1. The monoisotopic (exact) mass is 490 g/mol. The van der Waals surface area contributed by atoms with E-state index in [1.807, 2.05) is 60.7 Å². The lowest BCUT2D eigenvalue weighted by Crippen LogP contribution is -2.46. The zero-order chi connectivity index (χ0) is 25.2. The molecule has 7 heteroatoms. The van der Waals surface area contributed by atoms with Gasteiger partial charge in [0.25, 0.3) is 5.69 Å². The van der Waals surface area contributed by atoms with Crippen LogP contribution in [0.4, 0.5) is 17.1 Å². The molecule has 0 aliphatic carbocycles. The molecular weight excluding hydrogens is 464 g/mol. The fourth-order valence-electron chi connectivity index (χ4n) is 4.97. The van der Waals surface area contributed by atoms with Gasteiger partial charge in [0.05, 0.1) is 10.6 Å². The molecule has 5 aromatic rings. The Balaban J connectivity index is 1.18. The second-order valence-corrected chi connectivity index (χ2v) is 9.29. The molecule has 1 saturated heterocycles. The summed E-state index contributed by atoms with van der Waals surface area (Å²) in [5.74, 6) is 0. The molecule has 2 heterocycles. The van der Waals surface area contributed by atoms with E-state index >= 15 is 0 Å². The fourth-order valence-corrected chi connectivity index (χ4v) is 4.97. The topological polar surface area (TPSA) is 75.1 Å². The number of nitro groups is 1. The molecule has 1 fully saturated rings. The Morgan fingerprint density at radius 2 is 1.59 bits per heavy atom. The first-order valence-electron chi connectivity index (χ1n) is 12.4. The summed E-state index contributed by atoms with van der Waals surface area (Å²) >= 11 is 0. The van der Waals surface area contributed by atoms with Crippen LogP contribution in [0.25, 0.3) is 21.9 Å². The van der Waals surface area contributed by atoms with Crippen LogP contribution in [0, 0.1) is 10.1 Å². The van der Waals surface area contributed by atoms with Gasteiger partial charge in [-0.1, -0.05) is 54.6 Å². The van der Waals surface area contributed by atoms with Crippen molar-refractivity contribution in [3.8, 4) is 0 Å². The summed E-state index contributed by atoms with van der Waals surface area (Å²) in [6.45, 7) is 4.11. The van der Waals surface area contributed by atoms with E-state index in [2.05, 4.69) is 39.1 Å². The Bertz CT molecular complexity index is 1600. The van der Waals surface area contributed by atoms with Crippen LogP contribution in [0.5, 0.6) is 0 Å². The highest BCUT2D eigenvalue weighted by molar-refractivity contribution is 6.05. The minimum Gasteiger partial charge on any atom is -0.456 e. The quantitative estimate of drug-likeness (QED) is 0.153. The van der Waals surface area contributed by atoms with Crippen LogP contribution in [0.3, 0.4) is 0 Å². The van der Waals surface area contributed by atoms with E-state index in [-0.39, 0.29) is 10.6 Å². The molecule has 0 bridgehead atoms. The number of nitrogens with zero attached hydrogens (tertiary/aromatic N) is 4. The lowest BCUT2D eigenvalue weighted by molar-refractivity contribution is -0.384. The van der Waals surface area contributed by atoms with Crippen LogP contribution in [0.2, 0.25) is 0 Å². The normalized spacial score (nSPS) is 14.6. The maximum atomic E-state index is 11.9. The third kappa shape index (κ3) is 4.81. The molecule has 184 valence electrons. The molecule has 0 spiro atoms. The number of rotatable bonds is 6. The van der Waals surface area contributed by atoms with E-state index in [9.17, 15) is 10.1 Å². The van der Waals surface area contributed by atoms with Crippen LogP contribution >= 0.6 is 0 Å². The number of hydrogen-bond acceptors (Lipinski definition) is 6. The Hall–Kier alpha value is -4.49. The predicted octanol–water partition coefficient (Wildman–Crippen LogP) is 6.57. The number of hydrogen-bond donors (Lipinski definition) is 0. The molecule has 0 unspecified atom stereocenters. The van der Waals surface area contributed by atoms with Gasteiger partial charge in [-0.15, -0.1) is 0 Å². The first-order chi connectivity index (χ1) is 18.1. The second-order valence-electron chi connectivity index (χ2n) is 9.29. The van der Waals surface area contributed by atoms with E-state index in [1.165, 1.54) is 5.56 Å². The van der Waals surface area contributed by atoms with Gasteiger partial charge in [0, 0.05) is 61.8 Å². The summed E-state index contributed by atoms with van der Waals surface area (Å²) in [7, 11) is 0. The number of piperazine rings is 1. The van der Waals surface area contributed by atoms with E-state index < -0.39 is 0 Å². The van der Waals surface area contributed by atoms with Gasteiger partial charge in [-0.05, 0) is 35.4 Å². The maximum Gasteiger partial charge on any atom is 0.293 e. The van der Waals surface area contributed by atoms with Gasteiger partial charge >= 0.3 is 0 Å². The number of aliphatic imine (C=N–C) groups is 1. The number of fused-ring (bicyclic) bond motifs is 3. The number of furan rings is 1. The molecule has 1 aromatic heterocycles. The Morgan fingerprint density at radius 1 is 0.838 bits per heavy atom. The van der Waals surface area contributed by atoms with E-state index in [1.54, 1.807) is 12.3 Å². The number of benzene rings is 4. The van der Waals surface area contributed by atoms with E-state index in [0.29, 0.717) is 11.3 Å². The third-order valence-electron chi connectivity index (χ3n) is 6.88.